The van der Waals surface area contributed by atoms with Crippen molar-refractivity contribution in [2.75, 3.05) is 0 Å². The molecule has 1 atom stereocenters. The number of imide groups is 1. The summed E-state index contributed by atoms with van der Waals surface area (Å²) in [5, 5.41) is 11.6. The first-order valence-electron chi connectivity index (χ1n) is 8.18. The predicted octanol–water partition coefficient (Wildman–Crippen LogP) is 0.651. The Kier molecular flexibility index (Phi) is 4.53. The van der Waals surface area contributed by atoms with Crippen LogP contribution in [0.1, 0.15) is 48.0 Å². The maximum Gasteiger partial charge on any atom is 0.255 e. The molecule has 0 spiro atoms. The molecule has 1 aliphatic carbocycles. The second-order valence-electron chi connectivity index (χ2n) is 6.43. The third-order valence-corrected chi connectivity index (χ3v) is 4.66. The topological polar surface area (TPSA) is 113 Å². The molecule has 0 radical (unpaired) electrons. The van der Waals surface area contributed by atoms with E-state index in [2.05, 4.69) is 5.32 Å². The Morgan fingerprint density at radius 2 is 1.88 bits per heavy atom. The summed E-state index contributed by atoms with van der Waals surface area (Å²) >= 11 is 0. The van der Waals surface area contributed by atoms with E-state index in [1.807, 2.05) is 0 Å². The lowest BCUT2D eigenvalue weighted by molar-refractivity contribution is -0.136. The SMILES string of the molecule is NC1CCC1.O=C1CCC(N2Cc3ccc(O)cc3C2=O)C(=O)N1. The number of phenolic OH excluding ortho intramolecular Hbond substituents is 1. The van der Waals surface area contributed by atoms with Crippen molar-refractivity contribution >= 4 is 17.7 Å². The summed E-state index contributed by atoms with van der Waals surface area (Å²) in [6, 6.07) is 4.55. The van der Waals surface area contributed by atoms with Gasteiger partial charge < -0.3 is 15.7 Å². The lowest BCUT2D eigenvalue weighted by atomic mass is 9.95. The lowest BCUT2D eigenvalue weighted by Gasteiger charge is -2.29. The lowest BCUT2D eigenvalue weighted by Crippen LogP contribution is -2.52. The number of carbonyl (C=O) groups is 3. The quantitative estimate of drug-likeness (QED) is 0.654. The number of hydrogen-bond donors (Lipinski definition) is 3. The van der Waals surface area contributed by atoms with Gasteiger partial charge in [0.25, 0.3) is 5.91 Å². The highest BCUT2D eigenvalue weighted by molar-refractivity contribution is 6.05. The van der Waals surface area contributed by atoms with Crippen LogP contribution in [0.3, 0.4) is 0 Å². The second-order valence-corrected chi connectivity index (χ2v) is 6.43. The molecule has 24 heavy (non-hydrogen) atoms. The Hall–Kier alpha value is -2.41. The first kappa shape index (κ1) is 16.4. The summed E-state index contributed by atoms with van der Waals surface area (Å²) in [6.45, 7) is 0.334. The predicted molar refractivity (Wildman–Crippen MR) is 86.0 cm³/mol. The van der Waals surface area contributed by atoms with E-state index in [1.54, 1.807) is 6.07 Å². The Balaban J connectivity index is 0.000000290. The fourth-order valence-electron chi connectivity index (χ4n) is 2.98. The van der Waals surface area contributed by atoms with Crippen LogP contribution in [0.5, 0.6) is 5.75 Å². The molecule has 1 unspecified atom stereocenters. The highest BCUT2D eigenvalue weighted by atomic mass is 16.3. The van der Waals surface area contributed by atoms with Crippen LogP contribution in [0.25, 0.3) is 0 Å². The fraction of sp³-hybridized carbons (Fsp3) is 0.471. The summed E-state index contributed by atoms with van der Waals surface area (Å²) in [6.07, 6.45) is 4.47. The van der Waals surface area contributed by atoms with E-state index < -0.39 is 11.9 Å². The number of rotatable bonds is 1. The van der Waals surface area contributed by atoms with Gasteiger partial charge in [-0.25, -0.2) is 0 Å². The third-order valence-electron chi connectivity index (χ3n) is 4.66. The molecule has 4 rings (SSSR count). The molecule has 7 heteroatoms. The zero-order valence-corrected chi connectivity index (χ0v) is 13.3. The maximum absolute atomic E-state index is 12.2. The number of nitrogens with one attached hydrogen (secondary N) is 1. The van der Waals surface area contributed by atoms with Crippen molar-refractivity contribution < 1.29 is 19.5 Å². The Morgan fingerprint density at radius 1 is 1.17 bits per heavy atom. The molecule has 7 nitrogen and oxygen atoms in total. The molecule has 2 aliphatic heterocycles. The Labute approximate surface area is 139 Å². The van der Waals surface area contributed by atoms with Gasteiger partial charge in [0.1, 0.15) is 11.8 Å². The number of fused-ring (bicyclic) bond motifs is 1. The van der Waals surface area contributed by atoms with E-state index >= 15 is 0 Å². The maximum atomic E-state index is 12.2. The molecular weight excluding hydrogens is 310 g/mol. The number of nitrogens with zero attached hydrogens (tertiary/aromatic N) is 1. The molecule has 0 aromatic heterocycles. The van der Waals surface area contributed by atoms with Crippen molar-refractivity contribution in [3.8, 4) is 5.75 Å². The molecule has 1 saturated heterocycles. The molecule has 3 aliphatic rings. The molecule has 1 aromatic carbocycles. The van der Waals surface area contributed by atoms with E-state index in [4.69, 9.17) is 5.73 Å². The van der Waals surface area contributed by atoms with Crippen molar-refractivity contribution in [2.24, 2.45) is 5.73 Å². The van der Waals surface area contributed by atoms with Gasteiger partial charge in [-0.05, 0) is 37.0 Å². The van der Waals surface area contributed by atoms with E-state index in [-0.39, 0.29) is 24.0 Å². The van der Waals surface area contributed by atoms with Crippen molar-refractivity contribution in [2.45, 2.75) is 50.7 Å². The number of piperidine rings is 1. The van der Waals surface area contributed by atoms with Gasteiger partial charge in [0.05, 0.1) is 0 Å². The van der Waals surface area contributed by atoms with Gasteiger partial charge in [-0.2, -0.15) is 0 Å². The van der Waals surface area contributed by atoms with Crippen molar-refractivity contribution in [3.05, 3.63) is 29.3 Å². The number of benzene rings is 1. The van der Waals surface area contributed by atoms with E-state index in [9.17, 15) is 19.5 Å². The average Bonchev–Trinajstić information content (AvgIpc) is 2.83. The number of amides is 3. The highest BCUT2D eigenvalue weighted by Gasteiger charge is 2.39. The van der Waals surface area contributed by atoms with Crippen LogP contribution in [0.2, 0.25) is 0 Å². The standard InChI is InChI=1S/C13H12N2O4.C4H9N/c16-8-2-1-7-6-15(13(19)9(7)5-8)10-3-4-11(17)14-12(10)18;5-4-2-1-3-4/h1-2,5,10,16H,3-4,6H2,(H,14,17,18);4H,1-3,5H2. The summed E-state index contributed by atoms with van der Waals surface area (Å²) in [4.78, 5) is 36.6. The molecular formula is C17H21N3O4. The van der Waals surface area contributed by atoms with Gasteiger partial charge in [-0.1, -0.05) is 12.5 Å². The minimum Gasteiger partial charge on any atom is -0.508 e. The van der Waals surface area contributed by atoms with Gasteiger partial charge in [0.15, 0.2) is 0 Å². The van der Waals surface area contributed by atoms with Crippen molar-refractivity contribution in [1.82, 2.24) is 10.2 Å². The van der Waals surface area contributed by atoms with Crippen LogP contribution in [0, 0.1) is 0 Å². The zero-order chi connectivity index (χ0) is 17.3. The van der Waals surface area contributed by atoms with E-state index in [1.165, 1.54) is 36.3 Å². The molecule has 4 N–H and O–H groups in total. The third kappa shape index (κ3) is 3.26. The number of hydrogen-bond acceptors (Lipinski definition) is 5. The highest BCUT2D eigenvalue weighted by Crippen LogP contribution is 2.29. The first-order chi connectivity index (χ1) is 11.5. The van der Waals surface area contributed by atoms with Crippen LogP contribution >= 0.6 is 0 Å². The molecule has 2 heterocycles. The van der Waals surface area contributed by atoms with E-state index in [0.29, 0.717) is 24.6 Å². The summed E-state index contributed by atoms with van der Waals surface area (Å²) in [7, 11) is 0. The minimum atomic E-state index is -0.611. The Morgan fingerprint density at radius 3 is 2.46 bits per heavy atom. The number of nitrogens with two attached hydrogens (primary N) is 1. The summed E-state index contributed by atoms with van der Waals surface area (Å²) < 4.78 is 0. The van der Waals surface area contributed by atoms with Crippen LogP contribution in [0.15, 0.2) is 18.2 Å². The van der Waals surface area contributed by atoms with Gasteiger partial charge in [-0.3, -0.25) is 19.7 Å². The number of carbonyl (C=O) groups excluding carboxylic acids is 3. The van der Waals surface area contributed by atoms with Gasteiger partial charge in [-0.15, -0.1) is 0 Å². The molecule has 128 valence electrons. The van der Waals surface area contributed by atoms with E-state index in [0.717, 1.165) is 5.56 Å². The van der Waals surface area contributed by atoms with Crippen LogP contribution in [-0.4, -0.2) is 39.8 Å². The van der Waals surface area contributed by atoms with Crippen LogP contribution in [-0.2, 0) is 16.1 Å². The smallest absolute Gasteiger partial charge is 0.255 e. The van der Waals surface area contributed by atoms with Crippen LogP contribution < -0.4 is 11.1 Å². The number of aromatic hydroxyl groups is 1. The second kappa shape index (κ2) is 6.60. The minimum absolute atomic E-state index is 0.0252. The normalized spacial score (nSPS) is 23.1. The molecule has 0 bridgehead atoms. The van der Waals surface area contributed by atoms with Crippen molar-refractivity contribution in [3.63, 3.8) is 0 Å². The monoisotopic (exact) mass is 331 g/mol. The molecule has 1 saturated carbocycles. The van der Waals surface area contributed by atoms with Gasteiger partial charge in [0, 0.05) is 24.6 Å². The van der Waals surface area contributed by atoms with Crippen LogP contribution in [0.4, 0.5) is 0 Å². The first-order valence-corrected chi connectivity index (χ1v) is 8.18. The summed E-state index contributed by atoms with van der Waals surface area (Å²) in [5.74, 6) is -0.984. The summed E-state index contributed by atoms with van der Waals surface area (Å²) in [5.41, 5.74) is 6.58. The van der Waals surface area contributed by atoms with Gasteiger partial charge >= 0.3 is 0 Å². The molecule has 2 fully saturated rings. The zero-order valence-electron chi connectivity index (χ0n) is 13.3. The largest absolute Gasteiger partial charge is 0.508 e. The molecule has 3 amide bonds. The van der Waals surface area contributed by atoms with Crippen molar-refractivity contribution in [1.29, 1.82) is 0 Å². The van der Waals surface area contributed by atoms with Gasteiger partial charge in [0.2, 0.25) is 11.8 Å². The average molecular weight is 331 g/mol. The molecule has 1 aromatic rings. The Bertz CT molecular complexity index is 684. The fourth-order valence-corrected chi connectivity index (χ4v) is 2.98. The number of phenols is 1.